The molecule has 2 aromatic heterocycles. The molecule has 0 atom stereocenters. The number of hydrogen-bond acceptors (Lipinski definition) is 5. The fraction of sp³-hybridized carbons (Fsp3) is 0.158. The van der Waals surface area contributed by atoms with Crippen molar-refractivity contribution in [2.24, 2.45) is 0 Å². The molecular weight excluding hydrogens is 348 g/mol. The third kappa shape index (κ3) is 3.76. The molecule has 6 nitrogen and oxygen atoms in total. The lowest BCUT2D eigenvalue weighted by molar-refractivity contribution is -0.118. The van der Waals surface area contributed by atoms with Gasteiger partial charge in [0.05, 0.1) is 23.2 Å². The van der Waals surface area contributed by atoms with Gasteiger partial charge in [0, 0.05) is 6.20 Å². The number of terminal acetylenes is 1. The van der Waals surface area contributed by atoms with Crippen LogP contribution in [0.3, 0.4) is 0 Å². The number of nitrogens with zero attached hydrogens (tertiary/aromatic N) is 3. The molecule has 3 aromatic rings. The Balaban J connectivity index is 2.08. The molecule has 0 saturated heterocycles. The Hall–Kier alpha value is -3.11. The Morgan fingerprint density at radius 1 is 1.35 bits per heavy atom. The van der Waals surface area contributed by atoms with E-state index < -0.39 is 0 Å². The molecular formula is C19H16N4O2S. The van der Waals surface area contributed by atoms with Crippen LogP contribution in [0.1, 0.15) is 5.56 Å². The van der Waals surface area contributed by atoms with E-state index >= 15 is 0 Å². The molecule has 0 saturated carbocycles. The fourth-order valence-corrected chi connectivity index (χ4v) is 3.22. The van der Waals surface area contributed by atoms with Gasteiger partial charge in [-0.3, -0.25) is 9.59 Å². The second-order valence-electron chi connectivity index (χ2n) is 5.51. The standard InChI is InChI=1S/C19H16N4O2S/c1-3-9-21-17(24)12-26-19-22-15-7-5-4-6-14(15)18(25)23(19)16-11-13(2)8-10-20-16/h1,4-8,10-11H,9,12H2,2H3,(H,21,24). The molecule has 2 heterocycles. The molecule has 1 amide bonds. The number of nitrogens with one attached hydrogen (secondary N) is 1. The van der Waals surface area contributed by atoms with E-state index in [-0.39, 0.29) is 23.8 Å². The zero-order chi connectivity index (χ0) is 18.5. The van der Waals surface area contributed by atoms with Gasteiger partial charge in [0.15, 0.2) is 5.16 Å². The molecule has 0 bridgehead atoms. The van der Waals surface area contributed by atoms with Crippen molar-refractivity contribution in [3.63, 3.8) is 0 Å². The highest BCUT2D eigenvalue weighted by molar-refractivity contribution is 7.99. The highest BCUT2D eigenvalue weighted by atomic mass is 32.2. The number of fused-ring (bicyclic) bond motifs is 1. The number of carbonyl (C=O) groups is 1. The Labute approximate surface area is 154 Å². The summed E-state index contributed by atoms with van der Waals surface area (Å²) in [5.41, 5.74) is 1.32. The quantitative estimate of drug-likeness (QED) is 0.425. The summed E-state index contributed by atoms with van der Waals surface area (Å²) in [7, 11) is 0. The summed E-state index contributed by atoms with van der Waals surface area (Å²) < 4.78 is 1.44. The summed E-state index contributed by atoms with van der Waals surface area (Å²) in [5.74, 6) is 2.70. The maximum Gasteiger partial charge on any atom is 0.267 e. The van der Waals surface area contributed by atoms with Gasteiger partial charge in [-0.25, -0.2) is 14.5 Å². The largest absolute Gasteiger partial charge is 0.344 e. The first kappa shape index (κ1) is 17.7. The zero-order valence-electron chi connectivity index (χ0n) is 14.1. The highest BCUT2D eigenvalue weighted by Gasteiger charge is 2.15. The highest BCUT2D eigenvalue weighted by Crippen LogP contribution is 2.20. The average molecular weight is 364 g/mol. The topological polar surface area (TPSA) is 76.9 Å². The van der Waals surface area contributed by atoms with Gasteiger partial charge in [-0.2, -0.15) is 0 Å². The van der Waals surface area contributed by atoms with Gasteiger partial charge < -0.3 is 5.32 Å². The van der Waals surface area contributed by atoms with Crippen molar-refractivity contribution in [1.82, 2.24) is 19.9 Å². The Morgan fingerprint density at radius 2 is 2.15 bits per heavy atom. The van der Waals surface area contributed by atoms with Gasteiger partial charge in [-0.15, -0.1) is 6.42 Å². The van der Waals surface area contributed by atoms with E-state index in [2.05, 4.69) is 21.2 Å². The van der Waals surface area contributed by atoms with E-state index in [4.69, 9.17) is 6.42 Å². The van der Waals surface area contributed by atoms with Crippen molar-refractivity contribution in [2.75, 3.05) is 12.3 Å². The maximum absolute atomic E-state index is 13.0. The zero-order valence-corrected chi connectivity index (χ0v) is 14.9. The minimum Gasteiger partial charge on any atom is -0.344 e. The van der Waals surface area contributed by atoms with Crippen molar-refractivity contribution >= 4 is 28.6 Å². The van der Waals surface area contributed by atoms with Crippen LogP contribution >= 0.6 is 11.8 Å². The molecule has 0 unspecified atom stereocenters. The summed E-state index contributed by atoms with van der Waals surface area (Å²) in [6, 6.07) is 10.8. The van der Waals surface area contributed by atoms with Crippen molar-refractivity contribution in [3.8, 4) is 18.2 Å². The number of benzene rings is 1. The minimum atomic E-state index is -0.223. The van der Waals surface area contributed by atoms with Crippen LogP contribution in [0.4, 0.5) is 0 Å². The van der Waals surface area contributed by atoms with Crippen molar-refractivity contribution < 1.29 is 4.79 Å². The minimum absolute atomic E-state index is 0.0955. The Morgan fingerprint density at radius 3 is 2.92 bits per heavy atom. The SMILES string of the molecule is C#CCNC(=O)CSc1nc2ccccc2c(=O)n1-c1cc(C)ccn1. The molecule has 3 rings (SSSR count). The van der Waals surface area contributed by atoms with Gasteiger partial charge in [-0.05, 0) is 36.8 Å². The van der Waals surface area contributed by atoms with E-state index in [0.29, 0.717) is 21.9 Å². The first-order chi connectivity index (χ1) is 12.6. The second kappa shape index (κ2) is 7.85. The number of aryl methyl sites for hydroxylation is 1. The summed E-state index contributed by atoms with van der Waals surface area (Å²) in [6.07, 6.45) is 6.78. The lowest BCUT2D eigenvalue weighted by atomic mass is 10.2. The number of amides is 1. The number of carbonyl (C=O) groups excluding carboxylic acids is 1. The predicted octanol–water partition coefficient (Wildman–Crippen LogP) is 1.93. The Bertz CT molecular complexity index is 1070. The average Bonchev–Trinajstić information content (AvgIpc) is 2.64. The van der Waals surface area contributed by atoms with Crippen molar-refractivity contribution in [2.45, 2.75) is 12.1 Å². The third-order valence-corrected chi connectivity index (χ3v) is 4.53. The number of para-hydroxylation sites is 1. The molecule has 130 valence electrons. The van der Waals surface area contributed by atoms with Crippen LogP contribution in [0.2, 0.25) is 0 Å². The monoisotopic (exact) mass is 364 g/mol. The maximum atomic E-state index is 13.0. The molecule has 0 aliphatic carbocycles. The van der Waals surface area contributed by atoms with Gasteiger partial charge >= 0.3 is 0 Å². The smallest absolute Gasteiger partial charge is 0.267 e. The molecule has 1 aromatic carbocycles. The van der Waals surface area contributed by atoms with Gasteiger partial charge in [0.1, 0.15) is 5.82 Å². The lowest BCUT2D eigenvalue weighted by Gasteiger charge is -2.12. The van der Waals surface area contributed by atoms with Gasteiger partial charge in [0.2, 0.25) is 5.91 Å². The van der Waals surface area contributed by atoms with E-state index in [0.717, 1.165) is 5.56 Å². The first-order valence-electron chi connectivity index (χ1n) is 7.88. The van der Waals surface area contributed by atoms with Crippen LogP contribution in [0.25, 0.3) is 16.7 Å². The van der Waals surface area contributed by atoms with Crippen molar-refractivity contribution in [1.29, 1.82) is 0 Å². The summed E-state index contributed by atoms with van der Waals surface area (Å²) in [6.45, 7) is 2.08. The molecule has 0 aliphatic heterocycles. The predicted molar refractivity (Wildman–Crippen MR) is 102 cm³/mol. The molecule has 26 heavy (non-hydrogen) atoms. The Kier molecular flexibility index (Phi) is 5.34. The number of hydrogen-bond donors (Lipinski definition) is 1. The van der Waals surface area contributed by atoms with E-state index in [9.17, 15) is 9.59 Å². The van der Waals surface area contributed by atoms with E-state index in [1.54, 1.807) is 30.5 Å². The van der Waals surface area contributed by atoms with Crippen LogP contribution in [0.15, 0.2) is 52.5 Å². The van der Waals surface area contributed by atoms with Crippen LogP contribution in [-0.4, -0.2) is 32.7 Å². The molecule has 7 heteroatoms. The van der Waals surface area contributed by atoms with Gasteiger partial charge in [-0.1, -0.05) is 29.8 Å². The summed E-state index contributed by atoms with van der Waals surface area (Å²) in [4.78, 5) is 33.7. The molecule has 0 aliphatic rings. The molecule has 1 N–H and O–H groups in total. The number of rotatable bonds is 5. The second-order valence-corrected chi connectivity index (χ2v) is 6.46. The van der Waals surface area contributed by atoms with Crippen LogP contribution in [0.5, 0.6) is 0 Å². The van der Waals surface area contributed by atoms with E-state index in [1.165, 1.54) is 16.3 Å². The summed E-state index contributed by atoms with van der Waals surface area (Å²) in [5, 5.41) is 3.50. The van der Waals surface area contributed by atoms with Crippen LogP contribution in [0, 0.1) is 19.3 Å². The van der Waals surface area contributed by atoms with Crippen LogP contribution < -0.4 is 10.9 Å². The van der Waals surface area contributed by atoms with Crippen LogP contribution in [-0.2, 0) is 4.79 Å². The van der Waals surface area contributed by atoms with Crippen molar-refractivity contribution in [3.05, 3.63) is 58.5 Å². The number of aromatic nitrogens is 3. The number of pyridine rings is 1. The molecule has 0 spiro atoms. The fourth-order valence-electron chi connectivity index (χ4n) is 2.38. The number of thioether (sulfide) groups is 1. The normalized spacial score (nSPS) is 10.5. The molecule has 0 fully saturated rings. The third-order valence-electron chi connectivity index (χ3n) is 3.60. The lowest BCUT2D eigenvalue weighted by Crippen LogP contribution is -2.27. The van der Waals surface area contributed by atoms with Gasteiger partial charge in [0.25, 0.3) is 5.56 Å². The molecule has 0 radical (unpaired) electrons. The summed E-state index contributed by atoms with van der Waals surface area (Å²) >= 11 is 1.17. The first-order valence-corrected chi connectivity index (χ1v) is 8.86. The van der Waals surface area contributed by atoms with E-state index in [1.807, 2.05) is 19.1 Å².